The SMILES string of the molecule is Cc1ccc(-c2nc(CC(=O)Nc3ccccc3-n3c(C)c[nH]c3=O)cs2)cc1. The minimum atomic E-state index is -0.244. The van der Waals surface area contributed by atoms with Crippen LogP contribution in [0.2, 0.25) is 0 Å². The maximum atomic E-state index is 12.6. The zero-order valence-corrected chi connectivity index (χ0v) is 16.9. The smallest absolute Gasteiger partial charge is 0.324 e. The number of thiazole rings is 1. The van der Waals surface area contributed by atoms with Crippen molar-refractivity contribution in [2.24, 2.45) is 0 Å². The summed E-state index contributed by atoms with van der Waals surface area (Å²) >= 11 is 1.52. The number of anilines is 1. The van der Waals surface area contributed by atoms with E-state index in [1.165, 1.54) is 21.5 Å². The zero-order chi connectivity index (χ0) is 20.4. The van der Waals surface area contributed by atoms with Crippen molar-refractivity contribution in [2.45, 2.75) is 20.3 Å². The molecule has 0 aliphatic rings. The van der Waals surface area contributed by atoms with E-state index in [0.717, 1.165) is 22.0 Å². The number of hydrogen-bond acceptors (Lipinski definition) is 4. The molecule has 6 nitrogen and oxygen atoms in total. The fourth-order valence-electron chi connectivity index (χ4n) is 3.10. The molecule has 0 radical (unpaired) electrons. The molecule has 2 aromatic carbocycles. The topological polar surface area (TPSA) is 79.8 Å². The van der Waals surface area contributed by atoms with Crippen LogP contribution in [0.5, 0.6) is 0 Å². The van der Waals surface area contributed by atoms with Gasteiger partial charge in [-0.15, -0.1) is 11.3 Å². The highest BCUT2D eigenvalue weighted by atomic mass is 32.1. The van der Waals surface area contributed by atoms with E-state index in [2.05, 4.69) is 15.3 Å². The highest BCUT2D eigenvalue weighted by Gasteiger charge is 2.14. The number of amides is 1. The molecule has 0 atom stereocenters. The van der Waals surface area contributed by atoms with Gasteiger partial charge in [-0.3, -0.25) is 9.36 Å². The molecule has 2 aromatic heterocycles. The Kier molecular flexibility index (Phi) is 5.14. The quantitative estimate of drug-likeness (QED) is 0.526. The van der Waals surface area contributed by atoms with Crippen molar-refractivity contribution in [2.75, 3.05) is 5.32 Å². The van der Waals surface area contributed by atoms with E-state index in [1.807, 2.05) is 55.6 Å². The van der Waals surface area contributed by atoms with Crippen LogP contribution in [0.3, 0.4) is 0 Å². The molecule has 0 aliphatic carbocycles. The van der Waals surface area contributed by atoms with Crippen molar-refractivity contribution in [3.63, 3.8) is 0 Å². The second-order valence-corrected chi connectivity index (χ2v) is 7.68. The molecule has 4 rings (SSSR count). The van der Waals surface area contributed by atoms with E-state index < -0.39 is 0 Å². The number of para-hydroxylation sites is 2. The van der Waals surface area contributed by atoms with Crippen LogP contribution in [-0.2, 0) is 11.2 Å². The number of carbonyl (C=O) groups is 1. The number of rotatable bonds is 5. The van der Waals surface area contributed by atoms with Gasteiger partial charge in [0, 0.05) is 22.8 Å². The molecule has 2 N–H and O–H groups in total. The van der Waals surface area contributed by atoms with Gasteiger partial charge in [0.25, 0.3) is 0 Å². The second kappa shape index (κ2) is 7.89. The van der Waals surface area contributed by atoms with Gasteiger partial charge in [-0.2, -0.15) is 0 Å². The van der Waals surface area contributed by atoms with Crippen LogP contribution in [-0.4, -0.2) is 20.4 Å². The Balaban J connectivity index is 1.52. The van der Waals surface area contributed by atoms with Gasteiger partial charge in [0.15, 0.2) is 0 Å². The number of aromatic amines is 1. The first kappa shape index (κ1) is 18.9. The van der Waals surface area contributed by atoms with E-state index in [1.54, 1.807) is 18.3 Å². The summed E-state index contributed by atoms with van der Waals surface area (Å²) in [6.07, 6.45) is 1.81. The van der Waals surface area contributed by atoms with Gasteiger partial charge in [0.1, 0.15) is 5.01 Å². The molecular weight excluding hydrogens is 384 g/mol. The van der Waals surface area contributed by atoms with Gasteiger partial charge in [-0.25, -0.2) is 9.78 Å². The first-order valence-corrected chi connectivity index (χ1v) is 10.1. The third-order valence-electron chi connectivity index (χ3n) is 4.57. The third kappa shape index (κ3) is 4.05. The first-order chi connectivity index (χ1) is 14.0. The lowest BCUT2D eigenvalue weighted by atomic mass is 10.2. The summed E-state index contributed by atoms with van der Waals surface area (Å²) in [5.41, 5.74) is 4.68. The van der Waals surface area contributed by atoms with E-state index in [4.69, 9.17) is 0 Å². The molecule has 0 spiro atoms. The second-order valence-electron chi connectivity index (χ2n) is 6.82. The monoisotopic (exact) mass is 404 g/mol. The Hall–Kier alpha value is -3.45. The summed E-state index contributed by atoms with van der Waals surface area (Å²) in [7, 11) is 0. The molecule has 1 amide bonds. The molecule has 146 valence electrons. The maximum Gasteiger partial charge on any atom is 0.330 e. The van der Waals surface area contributed by atoms with Crippen molar-refractivity contribution in [3.8, 4) is 16.3 Å². The normalized spacial score (nSPS) is 10.8. The van der Waals surface area contributed by atoms with Crippen molar-refractivity contribution in [3.05, 3.63) is 87.5 Å². The molecule has 0 unspecified atom stereocenters. The van der Waals surface area contributed by atoms with Crippen LogP contribution >= 0.6 is 11.3 Å². The number of H-pyrrole nitrogens is 1. The average Bonchev–Trinajstić information content (AvgIpc) is 3.29. The van der Waals surface area contributed by atoms with Crippen molar-refractivity contribution < 1.29 is 4.79 Å². The van der Waals surface area contributed by atoms with Gasteiger partial charge in [0.2, 0.25) is 5.91 Å². The van der Waals surface area contributed by atoms with Gasteiger partial charge < -0.3 is 10.3 Å². The Bertz CT molecular complexity index is 1220. The molecule has 0 saturated carbocycles. The summed E-state index contributed by atoms with van der Waals surface area (Å²) in [4.78, 5) is 32.0. The summed E-state index contributed by atoms with van der Waals surface area (Å²) in [6, 6.07) is 15.4. The van der Waals surface area contributed by atoms with E-state index >= 15 is 0 Å². The van der Waals surface area contributed by atoms with Crippen molar-refractivity contribution in [1.82, 2.24) is 14.5 Å². The number of imidazole rings is 1. The standard InChI is InChI=1S/C22H20N4O2S/c1-14-7-9-16(10-8-14)21-24-17(13-29-21)11-20(27)25-18-5-3-4-6-19(18)26-15(2)12-23-22(26)28/h3-10,12-13H,11H2,1-2H3,(H,23,28)(H,25,27). The Morgan fingerprint density at radius 2 is 1.90 bits per heavy atom. The zero-order valence-electron chi connectivity index (χ0n) is 16.1. The maximum absolute atomic E-state index is 12.6. The predicted octanol–water partition coefficient (Wildman–Crippen LogP) is 4.09. The van der Waals surface area contributed by atoms with Crippen LogP contribution in [0.4, 0.5) is 5.69 Å². The Morgan fingerprint density at radius 3 is 2.62 bits per heavy atom. The average molecular weight is 404 g/mol. The number of aromatic nitrogens is 3. The van der Waals surface area contributed by atoms with E-state index in [0.29, 0.717) is 11.4 Å². The van der Waals surface area contributed by atoms with Crippen molar-refractivity contribution in [1.29, 1.82) is 0 Å². The summed E-state index contributed by atoms with van der Waals surface area (Å²) in [6.45, 7) is 3.88. The molecule has 0 fully saturated rings. The predicted molar refractivity (Wildman–Crippen MR) is 116 cm³/mol. The summed E-state index contributed by atoms with van der Waals surface area (Å²) < 4.78 is 1.54. The third-order valence-corrected chi connectivity index (χ3v) is 5.51. The number of nitrogens with zero attached hydrogens (tertiary/aromatic N) is 2. The lowest BCUT2D eigenvalue weighted by molar-refractivity contribution is -0.115. The molecule has 0 aliphatic heterocycles. The number of hydrogen-bond donors (Lipinski definition) is 2. The Morgan fingerprint density at radius 1 is 1.14 bits per heavy atom. The van der Waals surface area contributed by atoms with Crippen LogP contribution < -0.4 is 11.0 Å². The van der Waals surface area contributed by atoms with Gasteiger partial charge in [-0.1, -0.05) is 42.0 Å². The molecule has 0 saturated heterocycles. The van der Waals surface area contributed by atoms with E-state index in [-0.39, 0.29) is 18.0 Å². The molecule has 29 heavy (non-hydrogen) atoms. The number of nitrogens with one attached hydrogen (secondary N) is 2. The van der Waals surface area contributed by atoms with Gasteiger partial charge in [-0.05, 0) is 26.0 Å². The molecular formula is C22H20N4O2S. The fourth-order valence-corrected chi connectivity index (χ4v) is 3.93. The summed E-state index contributed by atoms with van der Waals surface area (Å²) in [5.74, 6) is -0.181. The van der Waals surface area contributed by atoms with Crippen LogP contribution in [0.25, 0.3) is 16.3 Å². The van der Waals surface area contributed by atoms with Crippen LogP contribution in [0.15, 0.2) is 64.9 Å². The largest absolute Gasteiger partial charge is 0.330 e. The molecule has 7 heteroatoms. The Labute approximate surface area is 171 Å². The molecule has 0 bridgehead atoms. The highest BCUT2D eigenvalue weighted by molar-refractivity contribution is 7.13. The lowest BCUT2D eigenvalue weighted by Gasteiger charge is -2.12. The number of benzene rings is 2. The minimum absolute atomic E-state index is 0.164. The summed E-state index contributed by atoms with van der Waals surface area (Å²) in [5, 5.41) is 5.71. The first-order valence-electron chi connectivity index (χ1n) is 9.19. The van der Waals surface area contributed by atoms with Crippen molar-refractivity contribution >= 4 is 22.9 Å². The van der Waals surface area contributed by atoms with Gasteiger partial charge in [0.05, 0.1) is 23.5 Å². The lowest BCUT2D eigenvalue weighted by Crippen LogP contribution is -2.20. The highest BCUT2D eigenvalue weighted by Crippen LogP contribution is 2.25. The fraction of sp³-hybridized carbons (Fsp3) is 0.136. The van der Waals surface area contributed by atoms with E-state index in [9.17, 15) is 9.59 Å². The van der Waals surface area contributed by atoms with Crippen LogP contribution in [0, 0.1) is 13.8 Å². The van der Waals surface area contributed by atoms with Crippen LogP contribution in [0.1, 0.15) is 17.0 Å². The minimum Gasteiger partial charge on any atom is -0.324 e. The molecule has 4 aromatic rings. The number of aryl methyl sites for hydroxylation is 2. The van der Waals surface area contributed by atoms with Gasteiger partial charge >= 0.3 is 5.69 Å². The molecule has 2 heterocycles. The number of carbonyl (C=O) groups excluding carboxylic acids is 1.